The highest BCUT2D eigenvalue weighted by molar-refractivity contribution is 5.81. The van der Waals surface area contributed by atoms with Crippen LogP contribution in [0, 0.1) is 23.7 Å². The average Bonchev–Trinajstić information content (AvgIpc) is 3.21. The van der Waals surface area contributed by atoms with Gasteiger partial charge in [-0.2, -0.15) is 0 Å². The third-order valence-corrected chi connectivity index (χ3v) is 12.7. The third-order valence-electron chi connectivity index (χ3n) is 12.7. The lowest BCUT2D eigenvalue weighted by atomic mass is 9.75. The highest BCUT2D eigenvalue weighted by atomic mass is 16.6. The Labute approximate surface area is 346 Å². The van der Waals surface area contributed by atoms with E-state index in [1.165, 1.54) is 25.7 Å². The molecule has 14 heteroatoms. The van der Waals surface area contributed by atoms with Crippen LogP contribution in [0.2, 0.25) is 0 Å². The van der Waals surface area contributed by atoms with Gasteiger partial charge < -0.3 is 45.0 Å². The third kappa shape index (κ3) is 19.9. The van der Waals surface area contributed by atoms with Crippen LogP contribution in [0.25, 0.3) is 0 Å². The van der Waals surface area contributed by atoms with Crippen molar-refractivity contribution in [1.29, 1.82) is 0 Å². The minimum atomic E-state index is -0.537. The maximum Gasteiger partial charge on any atom is 0.407 e. The van der Waals surface area contributed by atoms with Gasteiger partial charge in [-0.3, -0.25) is 4.79 Å². The molecule has 0 spiro atoms. The standard InChI is InChI=1S/C44H74N4O10/c1-3-41(50)55-28-29-58-44(53)48-40-22-14-36(15-23-40)31-35-12-20-39(21-13-35)47-43(52)57-27-7-5-25-54-24-4-6-26-56-42(51)46-38-18-10-34(11-19-38)30-33-8-16-37(17-9-33)45-32(2)49/h3,33-40H,1,4-31H2,2H3,(H,45,49)(H,46,51)(H,47,52)(H,48,53). The number of carbonyl (C=O) groups is 5. The zero-order chi connectivity index (χ0) is 41.4. The molecule has 4 aliphatic rings. The Balaban J connectivity index is 0.882. The van der Waals surface area contributed by atoms with Gasteiger partial charge in [0.25, 0.3) is 0 Å². The highest BCUT2D eigenvalue weighted by Gasteiger charge is 2.30. The summed E-state index contributed by atoms with van der Waals surface area (Å²) in [7, 11) is 0. The Morgan fingerprint density at radius 3 is 1.10 bits per heavy atom. The van der Waals surface area contributed by atoms with Gasteiger partial charge in [0.15, 0.2) is 0 Å². The fraction of sp³-hybridized carbons (Fsp3) is 0.841. The number of esters is 1. The van der Waals surface area contributed by atoms with E-state index < -0.39 is 12.1 Å². The molecule has 4 saturated carbocycles. The lowest BCUT2D eigenvalue weighted by Gasteiger charge is -2.34. The molecule has 0 bridgehead atoms. The van der Waals surface area contributed by atoms with Crippen molar-refractivity contribution < 1.29 is 47.7 Å². The van der Waals surface area contributed by atoms with E-state index in [1.807, 2.05) is 0 Å². The maximum atomic E-state index is 12.4. The zero-order valence-corrected chi connectivity index (χ0v) is 35.3. The molecule has 330 valence electrons. The van der Waals surface area contributed by atoms with Crippen molar-refractivity contribution in [2.24, 2.45) is 23.7 Å². The van der Waals surface area contributed by atoms with E-state index in [9.17, 15) is 24.0 Å². The summed E-state index contributed by atoms with van der Waals surface area (Å²) in [5, 5.41) is 12.1. The first kappa shape index (κ1) is 47.1. The molecule has 4 fully saturated rings. The number of rotatable bonds is 22. The van der Waals surface area contributed by atoms with E-state index in [1.54, 1.807) is 6.92 Å². The van der Waals surface area contributed by atoms with Crippen LogP contribution in [0.5, 0.6) is 0 Å². The van der Waals surface area contributed by atoms with E-state index >= 15 is 0 Å². The first-order valence-electron chi connectivity index (χ1n) is 22.6. The predicted octanol–water partition coefficient (Wildman–Crippen LogP) is 7.62. The normalized spacial score (nSPS) is 27.3. The van der Waals surface area contributed by atoms with Crippen molar-refractivity contribution in [3.05, 3.63) is 12.7 Å². The second-order valence-corrected chi connectivity index (χ2v) is 17.3. The van der Waals surface area contributed by atoms with Crippen LogP contribution in [0.3, 0.4) is 0 Å². The molecule has 0 unspecified atom stereocenters. The number of unbranched alkanes of at least 4 members (excludes halogenated alkanes) is 2. The van der Waals surface area contributed by atoms with E-state index in [0.29, 0.717) is 44.3 Å². The molecule has 4 rings (SSSR count). The summed E-state index contributed by atoms with van der Waals surface area (Å²) in [6, 6.07) is 0.838. The Morgan fingerprint density at radius 1 is 0.448 bits per heavy atom. The summed E-state index contributed by atoms with van der Waals surface area (Å²) in [6.07, 6.45) is 22.7. The Bertz CT molecular complexity index is 1240. The molecule has 0 heterocycles. The minimum absolute atomic E-state index is 0.0132. The number of ether oxygens (including phenoxy) is 5. The molecule has 0 aromatic carbocycles. The average molecular weight is 819 g/mol. The predicted molar refractivity (Wildman–Crippen MR) is 220 cm³/mol. The van der Waals surface area contributed by atoms with Gasteiger partial charge in [0.2, 0.25) is 5.91 Å². The Morgan fingerprint density at radius 2 is 0.759 bits per heavy atom. The highest BCUT2D eigenvalue weighted by Crippen LogP contribution is 2.37. The van der Waals surface area contributed by atoms with Crippen LogP contribution in [-0.2, 0) is 33.3 Å². The van der Waals surface area contributed by atoms with Crippen molar-refractivity contribution in [3.8, 4) is 0 Å². The van der Waals surface area contributed by atoms with Gasteiger partial charge in [0.05, 0.1) is 13.2 Å². The number of alkyl carbamates (subject to hydrolysis) is 3. The molecule has 0 aromatic rings. The van der Waals surface area contributed by atoms with Crippen molar-refractivity contribution >= 4 is 30.2 Å². The number of amides is 4. The Hall–Kier alpha value is -3.55. The molecule has 4 amide bonds. The number of hydrogen-bond acceptors (Lipinski definition) is 10. The monoisotopic (exact) mass is 819 g/mol. The largest absolute Gasteiger partial charge is 0.459 e. The molecule has 0 atom stereocenters. The molecule has 0 radical (unpaired) electrons. The zero-order valence-electron chi connectivity index (χ0n) is 35.3. The molecule has 14 nitrogen and oxygen atoms in total. The SMILES string of the molecule is C=CC(=O)OCCOC(=O)NC1CCC(CC2CCC(NC(=O)OCCCCOCCCCOC(=O)NC3CCC(CC4CCC(NC(C)=O)CC4)CC3)CC2)CC1. The molecule has 4 N–H and O–H groups in total. The molecule has 0 aliphatic heterocycles. The topological polar surface area (TPSA) is 180 Å². The smallest absolute Gasteiger partial charge is 0.407 e. The number of carbonyl (C=O) groups excluding carboxylic acids is 5. The molecular formula is C44H74N4O10. The van der Waals surface area contributed by atoms with Gasteiger partial charge in [-0.15, -0.1) is 0 Å². The van der Waals surface area contributed by atoms with Crippen LogP contribution in [0.1, 0.15) is 148 Å². The van der Waals surface area contributed by atoms with E-state index in [4.69, 9.17) is 23.7 Å². The van der Waals surface area contributed by atoms with Crippen LogP contribution in [0.15, 0.2) is 12.7 Å². The van der Waals surface area contributed by atoms with Crippen LogP contribution < -0.4 is 21.3 Å². The lowest BCUT2D eigenvalue weighted by molar-refractivity contribution is -0.138. The van der Waals surface area contributed by atoms with Crippen molar-refractivity contribution in [3.63, 3.8) is 0 Å². The van der Waals surface area contributed by atoms with Crippen LogP contribution in [-0.4, -0.2) is 94.0 Å². The minimum Gasteiger partial charge on any atom is -0.459 e. The molecule has 0 aromatic heterocycles. The fourth-order valence-corrected chi connectivity index (χ4v) is 9.40. The van der Waals surface area contributed by atoms with Gasteiger partial charge in [0, 0.05) is 50.4 Å². The number of hydrogen-bond donors (Lipinski definition) is 4. The quantitative estimate of drug-likeness (QED) is 0.0368. The maximum absolute atomic E-state index is 12.4. The molecule has 0 saturated heterocycles. The second-order valence-electron chi connectivity index (χ2n) is 17.3. The lowest BCUT2D eigenvalue weighted by Crippen LogP contribution is -2.39. The summed E-state index contributed by atoms with van der Waals surface area (Å²) in [4.78, 5) is 59.1. The summed E-state index contributed by atoms with van der Waals surface area (Å²) in [6.45, 7) is 6.94. The summed E-state index contributed by atoms with van der Waals surface area (Å²) in [5.41, 5.74) is 0. The summed E-state index contributed by atoms with van der Waals surface area (Å²) in [5.74, 6) is 2.38. The van der Waals surface area contributed by atoms with Crippen molar-refractivity contribution in [2.75, 3.05) is 39.6 Å². The molecular weight excluding hydrogens is 745 g/mol. The first-order valence-corrected chi connectivity index (χ1v) is 22.6. The second kappa shape index (κ2) is 27.3. The van der Waals surface area contributed by atoms with Gasteiger partial charge in [-0.05, 0) is 165 Å². The van der Waals surface area contributed by atoms with E-state index in [-0.39, 0.29) is 49.4 Å². The number of nitrogens with one attached hydrogen (secondary N) is 4. The molecule has 4 aliphatic carbocycles. The Kier molecular flexibility index (Phi) is 22.1. The van der Waals surface area contributed by atoms with Crippen LogP contribution >= 0.6 is 0 Å². The van der Waals surface area contributed by atoms with Gasteiger partial charge in [-0.25, -0.2) is 19.2 Å². The fourth-order valence-electron chi connectivity index (χ4n) is 9.40. The summed E-state index contributed by atoms with van der Waals surface area (Å²) < 4.78 is 26.5. The van der Waals surface area contributed by atoms with Crippen LogP contribution in [0.4, 0.5) is 14.4 Å². The van der Waals surface area contributed by atoms with Crippen molar-refractivity contribution in [2.45, 2.75) is 172 Å². The summed E-state index contributed by atoms with van der Waals surface area (Å²) >= 11 is 0. The van der Waals surface area contributed by atoms with Gasteiger partial charge in [0.1, 0.15) is 13.2 Å². The van der Waals surface area contributed by atoms with Crippen molar-refractivity contribution in [1.82, 2.24) is 21.3 Å². The van der Waals surface area contributed by atoms with Gasteiger partial charge in [-0.1, -0.05) is 6.58 Å². The van der Waals surface area contributed by atoms with E-state index in [2.05, 4.69) is 27.8 Å². The van der Waals surface area contributed by atoms with E-state index in [0.717, 1.165) is 133 Å². The van der Waals surface area contributed by atoms with Gasteiger partial charge >= 0.3 is 24.2 Å². The first-order chi connectivity index (χ1) is 28.1. The molecule has 58 heavy (non-hydrogen) atoms.